The van der Waals surface area contributed by atoms with Crippen LogP contribution in [0.2, 0.25) is 0 Å². The number of nitrogens with zero attached hydrogens (tertiary/aromatic N) is 3. The van der Waals surface area contributed by atoms with Gasteiger partial charge in [0.25, 0.3) is 0 Å². The van der Waals surface area contributed by atoms with Gasteiger partial charge in [0, 0.05) is 7.05 Å². The third-order valence-electron chi connectivity index (χ3n) is 3.23. The first-order valence-electron chi connectivity index (χ1n) is 5.81. The predicted octanol–water partition coefficient (Wildman–Crippen LogP) is 1.66. The van der Waals surface area contributed by atoms with Gasteiger partial charge in [-0.25, -0.2) is 4.98 Å². The fourth-order valence-corrected chi connectivity index (χ4v) is 2.23. The molecule has 1 aromatic carbocycles. The van der Waals surface area contributed by atoms with E-state index in [1.54, 1.807) is 0 Å². The van der Waals surface area contributed by atoms with Crippen LogP contribution in [0.5, 0.6) is 0 Å². The second-order valence-electron chi connectivity index (χ2n) is 4.62. The van der Waals surface area contributed by atoms with Gasteiger partial charge in [0.2, 0.25) is 0 Å². The van der Waals surface area contributed by atoms with Crippen LogP contribution >= 0.6 is 0 Å². The number of rotatable bonds is 3. The zero-order chi connectivity index (χ0) is 12.6. The third kappa shape index (κ3) is 2.06. The van der Waals surface area contributed by atoms with Gasteiger partial charge in [-0.3, -0.25) is 4.90 Å². The van der Waals surface area contributed by atoms with Crippen molar-refractivity contribution in [2.75, 3.05) is 21.1 Å². The van der Waals surface area contributed by atoms with Crippen LogP contribution in [-0.4, -0.2) is 35.6 Å². The van der Waals surface area contributed by atoms with Crippen LogP contribution in [0.15, 0.2) is 18.2 Å². The minimum absolute atomic E-state index is 0.224. The topological polar surface area (TPSA) is 33.1 Å². The number of aromatic nitrogens is 2. The maximum atomic E-state index is 4.57. The lowest BCUT2D eigenvalue weighted by molar-refractivity contribution is 0.265. The Hall–Kier alpha value is -1.39. The highest BCUT2D eigenvalue weighted by atomic mass is 15.2. The van der Waals surface area contributed by atoms with Crippen molar-refractivity contribution in [1.29, 1.82) is 0 Å². The van der Waals surface area contributed by atoms with Crippen molar-refractivity contribution in [3.05, 3.63) is 29.6 Å². The lowest BCUT2D eigenvalue weighted by Crippen LogP contribution is -2.30. The first-order valence-corrected chi connectivity index (χ1v) is 5.81. The molecule has 2 aromatic rings. The van der Waals surface area contributed by atoms with Crippen LogP contribution in [0.4, 0.5) is 0 Å². The maximum Gasteiger partial charge on any atom is 0.106 e. The lowest BCUT2D eigenvalue weighted by Gasteiger charge is -2.24. The zero-order valence-electron chi connectivity index (χ0n) is 11.2. The molecule has 0 saturated carbocycles. The number of hydrogen-bond donors (Lipinski definition) is 1. The monoisotopic (exact) mass is 232 g/mol. The summed E-state index contributed by atoms with van der Waals surface area (Å²) >= 11 is 0. The summed E-state index contributed by atoms with van der Waals surface area (Å²) in [6.07, 6.45) is 0.224. The molecule has 1 unspecified atom stereocenters. The standard InChI is InChI=1S/C13H20N4/c1-9-15-11-8-10(13(14-2)16(3)4)6-7-12(11)17(9)5/h6-8,13-14H,1-5H3. The average Bonchev–Trinajstić information content (AvgIpc) is 2.55. The summed E-state index contributed by atoms with van der Waals surface area (Å²) < 4.78 is 2.11. The summed E-state index contributed by atoms with van der Waals surface area (Å²) in [5.41, 5.74) is 3.48. The Bertz CT molecular complexity index is 527. The summed E-state index contributed by atoms with van der Waals surface area (Å²) in [7, 11) is 8.15. The molecule has 0 aliphatic heterocycles. The van der Waals surface area contributed by atoms with Gasteiger partial charge in [0.05, 0.1) is 17.2 Å². The van der Waals surface area contributed by atoms with Gasteiger partial charge >= 0.3 is 0 Å². The molecular formula is C13H20N4. The lowest BCUT2D eigenvalue weighted by atomic mass is 10.1. The molecule has 0 saturated heterocycles. The molecule has 0 aliphatic rings. The van der Waals surface area contributed by atoms with Crippen LogP contribution in [0.1, 0.15) is 17.6 Å². The second kappa shape index (κ2) is 4.47. The van der Waals surface area contributed by atoms with E-state index < -0.39 is 0 Å². The third-order valence-corrected chi connectivity index (χ3v) is 3.23. The van der Waals surface area contributed by atoms with Crippen LogP contribution in [-0.2, 0) is 7.05 Å². The molecule has 4 nitrogen and oxygen atoms in total. The van der Waals surface area contributed by atoms with E-state index in [-0.39, 0.29) is 6.17 Å². The van der Waals surface area contributed by atoms with E-state index in [0.29, 0.717) is 0 Å². The fraction of sp³-hybridized carbons (Fsp3) is 0.462. The van der Waals surface area contributed by atoms with E-state index in [2.05, 4.69) is 52.1 Å². The van der Waals surface area contributed by atoms with E-state index >= 15 is 0 Å². The molecule has 0 spiro atoms. The van der Waals surface area contributed by atoms with Crippen LogP contribution in [0, 0.1) is 6.92 Å². The van der Waals surface area contributed by atoms with Gasteiger partial charge in [0.1, 0.15) is 5.82 Å². The fourth-order valence-electron chi connectivity index (χ4n) is 2.23. The highest BCUT2D eigenvalue weighted by molar-refractivity contribution is 5.76. The number of nitrogens with one attached hydrogen (secondary N) is 1. The largest absolute Gasteiger partial charge is 0.331 e. The van der Waals surface area contributed by atoms with E-state index in [4.69, 9.17) is 0 Å². The number of imidazole rings is 1. The Morgan fingerprint density at radius 2 is 2.06 bits per heavy atom. The van der Waals surface area contributed by atoms with E-state index in [9.17, 15) is 0 Å². The number of benzene rings is 1. The molecule has 0 fully saturated rings. The summed E-state index contributed by atoms with van der Waals surface area (Å²) in [5.74, 6) is 1.04. The molecular weight excluding hydrogens is 212 g/mol. The average molecular weight is 232 g/mol. The Balaban J connectivity index is 2.51. The molecule has 1 atom stereocenters. The predicted molar refractivity (Wildman–Crippen MR) is 70.9 cm³/mol. The smallest absolute Gasteiger partial charge is 0.106 e. The normalized spacial score (nSPS) is 13.5. The first kappa shape index (κ1) is 12.1. The van der Waals surface area contributed by atoms with Crippen molar-refractivity contribution in [3.8, 4) is 0 Å². The molecule has 17 heavy (non-hydrogen) atoms. The van der Waals surface area contributed by atoms with Gasteiger partial charge in [-0.15, -0.1) is 0 Å². The molecule has 0 bridgehead atoms. The van der Waals surface area contributed by atoms with Crippen LogP contribution in [0.25, 0.3) is 11.0 Å². The van der Waals surface area contributed by atoms with Crippen LogP contribution in [0.3, 0.4) is 0 Å². The second-order valence-corrected chi connectivity index (χ2v) is 4.62. The van der Waals surface area contributed by atoms with Gasteiger partial charge in [-0.1, -0.05) is 6.07 Å². The Morgan fingerprint density at radius 1 is 1.35 bits per heavy atom. The summed E-state index contributed by atoms with van der Waals surface area (Å²) in [6.45, 7) is 2.03. The van der Waals surface area contributed by atoms with Crippen molar-refractivity contribution >= 4 is 11.0 Å². The van der Waals surface area contributed by atoms with Crippen molar-refractivity contribution in [2.45, 2.75) is 13.1 Å². The minimum Gasteiger partial charge on any atom is -0.331 e. The van der Waals surface area contributed by atoms with Crippen molar-refractivity contribution < 1.29 is 0 Å². The maximum absolute atomic E-state index is 4.57. The SMILES string of the molecule is CNC(c1ccc2c(c1)nc(C)n2C)N(C)C. The molecule has 1 aromatic heterocycles. The quantitative estimate of drug-likeness (QED) is 0.817. The van der Waals surface area contributed by atoms with Crippen molar-refractivity contribution in [2.24, 2.45) is 7.05 Å². The Morgan fingerprint density at radius 3 is 2.65 bits per heavy atom. The molecule has 4 heteroatoms. The highest BCUT2D eigenvalue weighted by Crippen LogP contribution is 2.21. The summed E-state index contributed by atoms with van der Waals surface area (Å²) in [6, 6.07) is 6.45. The van der Waals surface area contributed by atoms with Crippen molar-refractivity contribution in [3.63, 3.8) is 0 Å². The summed E-state index contributed by atoms with van der Waals surface area (Å²) in [4.78, 5) is 6.72. The van der Waals surface area contributed by atoms with E-state index in [0.717, 1.165) is 11.3 Å². The number of aryl methyl sites for hydroxylation is 2. The molecule has 1 heterocycles. The molecule has 1 N–H and O–H groups in total. The van der Waals surface area contributed by atoms with Crippen molar-refractivity contribution in [1.82, 2.24) is 19.8 Å². The van der Waals surface area contributed by atoms with Gasteiger partial charge in [-0.2, -0.15) is 0 Å². The minimum atomic E-state index is 0.224. The van der Waals surface area contributed by atoms with Gasteiger partial charge < -0.3 is 9.88 Å². The van der Waals surface area contributed by atoms with E-state index in [1.165, 1.54) is 11.1 Å². The molecule has 0 radical (unpaired) electrons. The van der Waals surface area contributed by atoms with E-state index in [1.807, 2.05) is 21.0 Å². The molecule has 2 rings (SSSR count). The summed E-state index contributed by atoms with van der Waals surface area (Å²) in [5, 5.41) is 3.30. The highest BCUT2D eigenvalue weighted by Gasteiger charge is 2.13. The Kier molecular flexibility index (Phi) is 3.17. The van der Waals surface area contributed by atoms with Gasteiger partial charge in [0.15, 0.2) is 0 Å². The Labute approximate surface area is 102 Å². The number of hydrogen-bond acceptors (Lipinski definition) is 3. The van der Waals surface area contributed by atoms with Crippen LogP contribution < -0.4 is 5.32 Å². The molecule has 92 valence electrons. The zero-order valence-corrected chi connectivity index (χ0v) is 11.2. The molecule has 0 aliphatic carbocycles. The molecule has 0 amide bonds. The number of fused-ring (bicyclic) bond motifs is 1. The first-order chi connectivity index (χ1) is 8.04. The van der Waals surface area contributed by atoms with Gasteiger partial charge in [-0.05, 0) is 45.8 Å².